The maximum absolute atomic E-state index is 11.9. The van der Waals surface area contributed by atoms with Gasteiger partial charge < -0.3 is 14.7 Å². The van der Waals surface area contributed by atoms with Crippen molar-refractivity contribution < 1.29 is 14.6 Å². The molecule has 3 aromatic rings. The average Bonchev–Trinajstić information content (AvgIpc) is 3.09. The number of thiophene rings is 1. The number of ether oxygens (including phenoxy) is 1. The third-order valence-electron chi connectivity index (χ3n) is 3.67. The van der Waals surface area contributed by atoms with Crippen molar-refractivity contribution in [2.45, 2.75) is 0 Å². The fourth-order valence-corrected chi connectivity index (χ4v) is 3.58. The molecule has 0 saturated heterocycles. The molecule has 0 aromatic carbocycles. The largest absolute Gasteiger partial charge is 0.489 e. The van der Waals surface area contributed by atoms with E-state index in [0.717, 1.165) is 10.7 Å². The number of nitrogens with zero attached hydrogens (tertiary/aromatic N) is 4. The van der Waals surface area contributed by atoms with E-state index >= 15 is 0 Å². The number of hydrogen-bond acceptors (Lipinski definition) is 6. The Balaban J connectivity index is 1.83. The first-order valence-corrected chi connectivity index (χ1v) is 7.69. The summed E-state index contributed by atoms with van der Waals surface area (Å²) in [4.78, 5) is 25.2. The van der Waals surface area contributed by atoms with Gasteiger partial charge in [-0.25, -0.2) is 14.3 Å². The summed E-state index contributed by atoms with van der Waals surface area (Å²) in [6, 6.07) is 5.15. The fourth-order valence-electron chi connectivity index (χ4n) is 2.59. The number of pyridine rings is 1. The topological polar surface area (TPSA) is 89.1 Å². The number of rotatable bonds is 2. The van der Waals surface area contributed by atoms with E-state index in [1.807, 2.05) is 11.0 Å². The van der Waals surface area contributed by atoms with Crippen LogP contribution in [0.5, 0.6) is 5.75 Å². The monoisotopic (exact) mass is 332 g/mol. The van der Waals surface area contributed by atoms with E-state index in [0.29, 0.717) is 24.5 Å². The Morgan fingerprint density at radius 3 is 3.04 bits per heavy atom. The van der Waals surface area contributed by atoms with Crippen molar-refractivity contribution in [3.05, 3.63) is 39.8 Å². The van der Waals surface area contributed by atoms with Gasteiger partial charge in [0.15, 0.2) is 11.4 Å². The van der Waals surface area contributed by atoms with Gasteiger partial charge in [0, 0.05) is 31.1 Å². The maximum Gasteiger partial charge on any atom is 0.350 e. The molecule has 1 aliphatic rings. The van der Waals surface area contributed by atoms with Crippen molar-refractivity contribution in [2.24, 2.45) is 7.05 Å². The zero-order valence-corrected chi connectivity index (χ0v) is 12.9. The van der Waals surface area contributed by atoms with Gasteiger partial charge in [0.05, 0.1) is 6.54 Å². The first-order valence-electron chi connectivity index (χ1n) is 6.87. The lowest BCUT2D eigenvalue weighted by Gasteiger charge is -2.28. The van der Waals surface area contributed by atoms with Crippen LogP contribution in [0.1, 0.15) is 9.67 Å². The van der Waals surface area contributed by atoms with Gasteiger partial charge in [-0.1, -0.05) is 0 Å². The van der Waals surface area contributed by atoms with Gasteiger partial charge in [-0.2, -0.15) is 5.10 Å². The summed E-state index contributed by atoms with van der Waals surface area (Å²) >= 11 is 1.17. The molecule has 0 fully saturated rings. The van der Waals surface area contributed by atoms with Crippen LogP contribution in [0.3, 0.4) is 0 Å². The lowest BCUT2D eigenvalue weighted by Crippen LogP contribution is -2.27. The van der Waals surface area contributed by atoms with Gasteiger partial charge in [0.25, 0.3) is 0 Å². The molecule has 1 N–H and O–H groups in total. The minimum absolute atomic E-state index is 0.210. The third-order valence-corrected chi connectivity index (χ3v) is 4.80. The van der Waals surface area contributed by atoms with E-state index in [9.17, 15) is 9.59 Å². The number of fused-ring (bicyclic) bond motifs is 2. The third kappa shape index (κ3) is 2.08. The molecular weight excluding hydrogens is 320 g/mol. The molecule has 4 heterocycles. The molecular formula is C14H12N4O4S. The number of hydrogen-bond donors (Lipinski definition) is 1. The SMILES string of the molecule is Cn1nc2cc(N3CCOc4cc(C(=O)O)sc43)ccn2c1=O. The minimum Gasteiger partial charge on any atom is -0.489 e. The van der Waals surface area contributed by atoms with E-state index in [1.165, 1.54) is 26.5 Å². The van der Waals surface area contributed by atoms with Gasteiger partial charge in [-0.3, -0.25) is 4.40 Å². The number of aromatic nitrogens is 3. The molecule has 0 amide bonds. The minimum atomic E-state index is -0.973. The average molecular weight is 332 g/mol. The Kier molecular flexibility index (Phi) is 2.91. The zero-order valence-electron chi connectivity index (χ0n) is 12.1. The lowest BCUT2D eigenvalue weighted by molar-refractivity contribution is 0.0702. The van der Waals surface area contributed by atoms with Crippen LogP contribution < -0.4 is 15.3 Å². The maximum atomic E-state index is 11.9. The summed E-state index contributed by atoms with van der Waals surface area (Å²) in [5.41, 5.74) is 1.17. The van der Waals surface area contributed by atoms with Gasteiger partial charge in [0.1, 0.15) is 16.5 Å². The first kappa shape index (κ1) is 13.8. The van der Waals surface area contributed by atoms with Crippen molar-refractivity contribution in [3.8, 4) is 5.75 Å². The Morgan fingerprint density at radius 1 is 1.43 bits per heavy atom. The van der Waals surface area contributed by atoms with Gasteiger partial charge in [-0.05, 0) is 6.07 Å². The van der Waals surface area contributed by atoms with Crippen LogP contribution in [0.25, 0.3) is 5.65 Å². The fraction of sp³-hybridized carbons (Fsp3) is 0.214. The summed E-state index contributed by atoms with van der Waals surface area (Å²) in [5, 5.41) is 14.1. The van der Waals surface area contributed by atoms with E-state index < -0.39 is 5.97 Å². The molecule has 23 heavy (non-hydrogen) atoms. The number of carboxylic acids is 1. The Labute approximate surface area is 133 Å². The summed E-state index contributed by atoms with van der Waals surface area (Å²) in [5.74, 6) is -0.406. The number of anilines is 2. The summed E-state index contributed by atoms with van der Waals surface area (Å²) in [6.45, 7) is 1.06. The van der Waals surface area contributed by atoms with E-state index in [-0.39, 0.29) is 10.6 Å². The Morgan fingerprint density at radius 2 is 2.26 bits per heavy atom. The predicted octanol–water partition coefficient (Wildman–Crippen LogP) is 1.32. The number of carbonyl (C=O) groups is 1. The molecule has 8 nitrogen and oxygen atoms in total. The zero-order chi connectivity index (χ0) is 16.1. The highest BCUT2D eigenvalue weighted by Gasteiger charge is 2.25. The van der Waals surface area contributed by atoms with Crippen LogP contribution in [0.4, 0.5) is 10.7 Å². The van der Waals surface area contributed by atoms with Crippen LogP contribution in [-0.4, -0.2) is 38.4 Å². The second kappa shape index (κ2) is 4.85. The molecule has 1 aliphatic heterocycles. The van der Waals surface area contributed by atoms with Crippen molar-refractivity contribution in [1.82, 2.24) is 14.2 Å². The summed E-state index contributed by atoms with van der Waals surface area (Å²) in [7, 11) is 1.60. The molecule has 0 spiro atoms. The Bertz CT molecular complexity index is 986. The second-order valence-electron chi connectivity index (χ2n) is 5.10. The molecule has 4 rings (SSSR count). The number of carboxylic acid groups (broad SMARTS) is 1. The predicted molar refractivity (Wildman–Crippen MR) is 84.2 cm³/mol. The standard InChI is InChI=1S/C14H12N4O4S/c1-16-14(21)18-3-2-8(6-11(18)15-16)17-4-5-22-9-7-10(13(19)20)23-12(9)17/h2-3,6-7H,4-5H2,1H3,(H,19,20). The van der Waals surface area contributed by atoms with Crippen LogP contribution in [0.15, 0.2) is 29.2 Å². The highest BCUT2D eigenvalue weighted by atomic mass is 32.1. The highest BCUT2D eigenvalue weighted by molar-refractivity contribution is 7.18. The summed E-state index contributed by atoms with van der Waals surface area (Å²) in [6.07, 6.45) is 1.67. The normalized spacial score (nSPS) is 13.9. The van der Waals surface area contributed by atoms with Crippen LogP contribution in [0, 0.1) is 0 Å². The van der Waals surface area contributed by atoms with Gasteiger partial charge >= 0.3 is 11.7 Å². The number of aryl methyl sites for hydroxylation is 1. The lowest BCUT2D eigenvalue weighted by atomic mass is 10.3. The van der Waals surface area contributed by atoms with E-state index in [2.05, 4.69) is 5.10 Å². The van der Waals surface area contributed by atoms with Crippen LogP contribution in [-0.2, 0) is 7.05 Å². The molecule has 0 bridgehead atoms. The molecule has 3 aromatic heterocycles. The van der Waals surface area contributed by atoms with Crippen LogP contribution in [0.2, 0.25) is 0 Å². The molecule has 118 valence electrons. The van der Waals surface area contributed by atoms with Gasteiger partial charge in [-0.15, -0.1) is 11.3 Å². The smallest absolute Gasteiger partial charge is 0.350 e. The van der Waals surface area contributed by atoms with Crippen molar-refractivity contribution in [1.29, 1.82) is 0 Å². The van der Waals surface area contributed by atoms with Gasteiger partial charge in [0.2, 0.25) is 0 Å². The van der Waals surface area contributed by atoms with Crippen molar-refractivity contribution >= 4 is 33.6 Å². The molecule has 0 aliphatic carbocycles. The Hall–Kier alpha value is -2.81. The molecule has 9 heteroatoms. The van der Waals surface area contributed by atoms with Crippen molar-refractivity contribution in [3.63, 3.8) is 0 Å². The molecule has 0 unspecified atom stereocenters. The quantitative estimate of drug-likeness (QED) is 0.761. The van der Waals surface area contributed by atoms with Crippen LogP contribution >= 0.6 is 11.3 Å². The first-order chi connectivity index (χ1) is 11.0. The van der Waals surface area contributed by atoms with Crippen molar-refractivity contribution in [2.75, 3.05) is 18.1 Å². The second-order valence-corrected chi connectivity index (χ2v) is 6.14. The molecule has 0 radical (unpaired) electrons. The molecule has 0 atom stereocenters. The molecule has 0 saturated carbocycles. The number of aromatic carboxylic acids is 1. The van der Waals surface area contributed by atoms with E-state index in [1.54, 1.807) is 19.3 Å². The van der Waals surface area contributed by atoms with E-state index in [4.69, 9.17) is 9.84 Å². The summed E-state index contributed by atoms with van der Waals surface area (Å²) < 4.78 is 8.28. The highest BCUT2D eigenvalue weighted by Crippen LogP contribution is 2.43.